The zero-order valence-electron chi connectivity index (χ0n) is 22.4. The molecule has 0 bridgehead atoms. The van der Waals surface area contributed by atoms with Gasteiger partial charge in [-0.3, -0.25) is 18.8 Å². The van der Waals surface area contributed by atoms with E-state index in [4.69, 9.17) is 0 Å². The molecule has 40 heavy (non-hydrogen) atoms. The first-order chi connectivity index (χ1) is 19.1. The molecular weight excluding hydrogens is 523 g/mol. The van der Waals surface area contributed by atoms with Crippen LogP contribution in [0.1, 0.15) is 48.3 Å². The van der Waals surface area contributed by atoms with Gasteiger partial charge < -0.3 is 9.67 Å². The van der Waals surface area contributed by atoms with Crippen LogP contribution in [0.5, 0.6) is 0 Å². The first-order valence-corrected chi connectivity index (χ1v) is 13.5. The van der Waals surface area contributed by atoms with E-state index in [0.29, 0.717) is 42.6 Å². The molecule has 9 nitrogen and oxygen atoms in total. The summed E-state index contributed by atoms with van der Waals surface area (Å²) in [6.45, 7) is 5.05. The average Bonchev–Trinajstić information content (AvgIpc) is 3.45. The molecule has 6 rings (SSSR count). The number of fused-ring (bicyclic) bond motifs is 1. The highest BCUT2D eigenvalue weighted by Crippen LogP contribution is 2.35. The van der Waals surface area contributed by atoms with Crippen molar-refractivity contribution in [3.63, 3.8) is 0 Å². The Hall–Kier alpha value is -3.48. The molecule has 2 aliphatic heterocycles. The van der Waals surface area contributed by atoms with Crippen LogP contribution in [0.4, 0.5) is 13.2 Å². The van der Waals surface area contributed by atoms with Gasteiger partial charge in [-0.1, -0.05) is 19.1 Å². The Morgan fingerprint density at radius 2 is 1.95 bits per heavy atom. The molecule has 0 amide bonds. The highest BCUT2D eigenvalue weighted by molar-refractivity contribution is 5.58. The summed E-state index contributed by atoms with van der Waals surface area (Å²) in [6, 6.07) is 7.97. The van der Waals surface area contributed by atoms with Gasteiger partial charge in [-0.05, 0) is 54.6 Å². The van der Waals surface area contributed by atoms with Crippen LogP contribution in [-0.4, -0.2) is 70.9 Å². The average molecular weight is 556 g/mol. The summed E-state index contributed by atoms with van der Waals surface area (Å²) in [5.41, 5.74) is 0.114. The summed E-state index contributed by atoms with van der Waals surface area (Å²) in [5.74, 6) is 1.15. The van der Waals surface area contributed by atoms with Gasteiger partial charge in [0.1, 0.15) is 6.33 Å². The summed E-state index contributed by atoms with van der Waals surface area (Å²) in [4.78, 5) is 17.8. The predicted octanol–water partition coefficient (Wildman–Crippen LogP) is 3.24. The molecule has 5 heterocycles. The molecule has 3 aromatic heterocycles. The second-order valence-corrected chi connectivity index (χ2v) is 11.2. The second-order valence-electron chi connectivity index (χ2n) is 11.2. The summed E-state index contributed by atoms with van der Waals surface area (Å²) in [7, 11) is 1.83. The number of aromatic nitrogens is 5. The molecule has 1 N–H and O–H groups in total. The fraction of sp³-hybridized carbons (Fsp3) is 0.464. The molecule has 1 aromatic carbocycles. The smallest absolute Gasteiger partial charge is 0.390 e. The van der Waals surface area contributed by atoms with Gasteiger partial charge in [0.2, 0.25) is 0 Å². The van der Waals surface area contributed by atoms with Crippen molar-refractivity contribution in [2.24, 2.45) is 13.0 Å². The highest BCUT2D eigenvalue weighted by Gasteiger charge is 2.36. The Morgan fingerprint density at radius 1 is 1.15 bits per heavy atom. The number of pyridine rings is 1. The Labute approximate surface area is 229 Å². The maximum absolute atomic E-state index is 14.2. The summed E-state index contributed by atoms with van der Waals surface area (Å²) >= 11 is 0. The van der Waals surface area contributed by atoms with Crippen molar-refractivity contribution in [2.75, 3.05) is 26.2 Å². The van der Waals surface area contributed by atoms with Gasteiger partial charge >= 0.3 is 11.9 Å². The van der Waals surface area contributed by atoms with Crippen LogP contribution in [0.2, 0.25) is 0 Å². The first-order valence-electron chi connectivity index (χ1n) is 13.5. The van der Waals surface area contributed by atoms with Gasteiger partial charge in [0, 0.05) is 45.6 Å². The Balaban J connectivity index is 1.42. The van der Waals surface area contributed by atoms with Crippen LogP contribution >= 0.6 is 0 Å². The van der Waals surface area contributed by atoms with Crippen molar-refractivity contribution < 1.29 is 18.3 Å². The van der Waals surface area contributed by atoms with E-state index >= 15 is 0 Å². The third-order valence-electron chi connectivity index (χ3n) is 7.99. The maximum atomic E-state index is 14.2. The number of nitrogens with zero attached hydrogens (tertiary/aromatic N) is 7. The minimum atomic E-state index is -4.62. The Bertz CT molecular complexity index is 1580. The summed E-state index contributed by atoms with van der Waals surface area (Å²) < 4.78 is 46.9. The molecule has 2 atom stereocenters. The standard InChI is InChI=1S/C28H32F3N7O2/c1-18-5-4-8-35(11-18)12-19-9-23(28(29,30)31)24-16-37(27(40)38(24)13-19)21-7-3-6-20(10-21)25(36-14-22(39)15-36)26-33-32-17-34(26)2/h3,6-7,9-10,13,16-18,22,25,39H,4-5,8,11-12,14-15H2,1-2H3/t18-,25+/m0/s1. The Kier molecular flexibility index (Phi) is 6.79. The van der Waals surface area contributed by atoms with Crippen LogP contribution < -0.4 is 5.69 Å². The van der Waals surface area contributed by atoms with Gasteiger partial charge in [0.25, 0.3) is 0 Å². The molecule has 0 saturated carbocycles. The second kappa shape index (κ2) is 10.2. The topological polar surface area (TPSA) is 83.8 Å². The lowest BCUT2D eigenvalue weighted by molar-refractivity contribution is -0.136. The van der Waals surface area contributed by atoms with Crippen LogP contribution in [0, 0.1) is 5.92 Å². The van der Waals surface area contributed by atoms with Crippen molar-refractivity contribution in [3.8, 4) is 5.69 Å². The normalized spacial score (nSPS) is 20.2. The summed E-state index contributed by atoms with van der Waals surface area (Å²) in [5, 5.41) is 18.2. The van der Waals surface area contributed by atoms with E-state index in [1.165, 1.54) is 23.0 Å². The SMILES string of the molecule is C[C@H]1CCCN(Cc2cc(C(F)(F)F)c3cn(-c4cccc([C@H](c5nncn5C)N5CC(O)C5)c4)c(=O)n3c2)C1. The van der Waals surface area contributed by atoms with Crippen molar-refractivity contribution in [3.05, 3.63) is 82.1 Å². The fourth-order valence-corrected chi connectivity index (χ4v) is 6.04. The number of likely N-dealkylation sites (tertiary alicyclic amines) is 2. The van der Waals surface area contributed by atoms with Gasteiger partial charge in [-0.25, -0.2) is 4.79 Å². The van der Waals surface area contributed by atoms with E-state index in [1.54, 1.807) is 29.1 Å². The zero-order valence-corrected chi connectivity index (χ0v) is 22.4. The van der Waals surface area contributed by atoms with Crippen molar-refractivity contribution in [2.45, 2.75) is 44.6 Å². The number of piperidine rings is 1. The van der Waals surface area contributed by atoms with Gasteiger partial charge in [-0.15, -0.1) is 10.2 Å². The van der Waals surface area contributed by atoms with E-state index in [-0.39, 0.29) is 11.6 Å². The monoisotopic (exact) mass is 555 g/mol. The zero-order chi connectivity index (χ0) is 28.2. The fourth-order valence-electron chi connectivity index (χ4n) is 6.04. The largest absolute Gasteiger partial charge is 0.418 e. The lowest BCUT2D eigenvalue weighted by Crippen LogP contribution is -2.52. The number of benzene rings is 1. The van der Waals surface area contributed by atoms with E-state index < -0.39 is 23.5 Å². The summed E-state index contributed by atoms with van der Waals surface area (Å²) in [6.07, 6.45) is 1.45. The molecule has 0 aliphatic carbocycles. The lowest BCUT2D eigenvalue weighted by atomic mass is 9.99. The number of alkyl halides is 3. The molecule has 12 heteroatoms. The highest BCUT2D eigenvalue weighted by atomic mass is 19.4. The number of imidazole rings is 1. The van der Waals surface area contributed by atoms with Gasteiger partial charge in [0.05, 0.1) is 28.9 Å². The minimum absolute atomic E-state index is 0.186. The number of aliphatic hydroxyl groups excluding tert-OH is 1. The number of hydrogen-bond acceptors (Lipinski definition) is 6. The van der Waals surface area contributed by atoms with E-state index in [2.05, 4.69) is 22.0 Å². The third-order valence-corrected chi connectivity index (χ3v) is 7.99. The van der Waals surface area contributed by atoms with E-state index in [9.17, 15) is 23.1 Å². The molecule has 4 aromatic rings. The van der Waals surface area contributed by atoms with Crippen LogP contribution in [0.15, 0.2) is 53.8 Å². The molecule has 0 unspecified atom stereocenters. The van der Waals surface area contributed by atoms with Crippen molar-refractivity contribution in [1.29, 1.82) is 0 Å². The number of aliphatic hydroxyl groups is 1. The van der Waals surface area contributed by atoms with Crippen molar-refractivity contribution in [1.82, 2.24) is 33.5 Å². The number of rotatable bonds is 6. The Morgan fingerprint density at radius 3 is 2.62 bits per heavy atom. The van der Waals surface area contributed by atoms with Crippen LogP contribution in [0.25, 0.3) is 11.2 Å². The van der Waals surface area contributed by atoms with Crippen molar-refractivity contribution >= 4 is 5.52 Å². The van der Waals surface area contributed by atoms with Crippen LogP contribution in [-0.2, 0) is 19.8 Å². The number of halogens is 3. The molecule has 0 radical (unpaired) electrons. The predicted molar refractivity (Wildman–Crippen MR) is 142 cm³/mol. The number of β-amino-alcohol motifs (C(OH)–C–C–N with tert-alkyl or cyclic N) is 1. The third kappa shape index (κ3) is 4.95. The minimum Gasteiger partial charge on any atom is -0.390 e. The van der Waals surface area contributed by atoms with E-state index in [1.807, 2.05) is 18.0 Å². The molecular formula is C28H32F3N7O2. The number of aryl methyl sites for hydroxylation is 1. The molecule has 0 spiro atoms. The molecule has 2 fully saturated rings. The maximum Gasteiger partial charge on any atom is 0.418 e. The first kappa shape index (κ1) is 26.7. The van der Waals surface area contributed by atoms with Gasteiger partial charge in [-0.2, -0.15) is 13.2 Å². The quantitative estimate of drug-likeness (QED) is 0.394. The van der Waals surface area contributed by atoms with Crippen LogP contribution in [0.3, 0.4) is 0 Å². The van der Waals surface area contributed by atoms with E-state index in [0.717, 1.165) is 35.9 Å². The van der Waals surface area contributed by atoms with Gasteiger partial charge in [0.15, 0.2) is 5.82 Å². The lowest BCUT2D eigenvalue weighted by Gasteiger charge is -2.41. The number of hydrogen-bond donors (Lipinski definition) is 1. The molecule has 2 aliphatic rings. The molecule has 2 saturated heterocycles. The molecule has 212 valence electrons.